The summed E-state index contributed by atoms with van der Waals surface area (Å²) in [5.74, 6) is 0.691. The van der Waals surface area contributed by atoms with Crippen molar-refractivity contribution < 1.29 is 0 Å². The van der Waals surface area contributed by atoms with Gasteiger partial charge in [-0.2, -0.15) is 0 Å². The van der Waals surface area contributed by atoms with Crippen molar-refractivity contribution >= 4 is 6.21 Å². The molecular formula is C18H33N. The van der Waals surface area contributed by atoms with Gasteiger partial charge in [0.15, 0.2) is 0 Å². The summed E-state index contributed by atoms with van der Waals surface area (Å²) in [6.45, 7) is 8.62. The molecule has 0 fully saturated rings. The highest BCUT2D eigenvalue weighted by Gasteiger charge is 2.11. The van der Waals surface area contributed by atoms with Gasteiger partial charge in [0.1, 0.15) is 0 Å². The zero-order chi connectivity index (χ0) is 14.3. The summed E-state index contributed by atoms with van der Waals surface area (Å²) in [4.78, 5) is 4.33. The van der Waals surface area contributed by atoms with Crippen LogP contribution in [0, 0.1) is 5.92 Å². The highest BCUT2D eigenvalue weighted by molar-refractivity contribution is 5.54. The van der Waals surface area contributed by atoms with Gasteiger partial charge in [0.05, 0.1) is 0 Å². The van der Waals surface area contributed by atoms with E-state index >= 15 is 0 Å². The van der Waals surface area contributed by atoms with Crippen molar-refractivity contribution in [3.05, 3.63) is 23.9 Å². The minimum atomic E-state index is 0.691. The first-order chi connectivity index (χ1) is 9.29. The lowest BCUT2D eigenvalue weighted by molar-refractivity contribution is 0.470. The zero-order valence-electron chi connectivity index (χ0n) is 13.5. The van der Waals surface area contributed by atoms with E-state index in [2.05, 4.69) is 44.1 Å². The molecule has 0 aliphatic rings. The molecule has 1 nitrogen and oxygen atoms in total. The van der Waals surface area contributed by atoms with E-state index < -0.39 is 0 Å². The SMILES string of the molecule is C\C=C/C(=C\N=C/C)C(CCCC)CCCCCC. The Kier molecular flexibility index (Phi) is 13.0. The van der Waals surface area contributed by atoms with Gasteiger partial charge in [-0.15, -0.1) is 0 Å². The Morgan fingerprint density at radius 2 is 1.63 bits per heavy atom. The van der Waals surface area contributed by atoms with Crippen molar-refractivity contribution in [3.8, 4) is 0 Å². The van der Waals surface area contributed by atoms with Gasteiger partial charge < -0.3 is 0 Å². The van der Waals surface area contributed by atoms with Crippen LogP contribution in [0.5, 0.6) is 0 Å². The molecule has 0 aliphatic carbocycles. The maximum Gasteiger partial charge on any atom is 0.0298 e. The summed E-state index contributed by atoms with van der Waals surface area (Å²) in [6, 6.07) is 0. The third-order valence-electron chi connectivity index (χ3n) is 3.52. The number of allylic oxidation sites excluding steroid dienone is 3. The maximum atomic E-state index is 4.33. The topological polar surface area (TPSA) is 12.4 Å². The highest BCUT2D eigenvalue weighted by Crippen LogP contribution is 2.26. The van der Waals surface area contributed by atoms with E-state index in [1.807, 2.05) is 13.1 Å². The van der Waals surface area contributed by atoms with Crippen LogP contribution in [-0.4, -0.2) is 6.21 Å². The number of unbranched alkanes of at least 4 members (excludes halogenated alkanes) is 4. The van der Waals surface area contributed by atoms with Crippen molar-refractivity contribution in [1.29, 1.82) is 0 Å². The summed E-state index contributed by atoms with van der Waals surface area (Å²) >= 11 is 0. The van der Waals surface area contributed by atoms with E-state index in [1.54, 1.807) is 0 Å². The molecule has 0 rings (SSSR count). The molecule has 1 unspecified atom stereocenters. The molecule has 110 valence electrons. The van der Waals surface area contributed by atoms with Crippen molar-refractivity contribution in [2.24, 2.45) is 10.9 Å². The standard InChI is InChI=1S/C18H33N/c1-5-9-11-12-15-17(14-10-6-2)18(13-7-3)16-19-8-4/h7-8,13,16-17H,5-6,9-12,14-15H2,1-4H3/b13-7-,18-16+,19-8-. The quantitative estimate of drug-likeness (QED) is 0.235. The third kappa shape index (κ3) is 9.69. The Labute approximate surface area is 120 Å². The summed E-state index contributed by atoms with van der Waals surface area (Å²) in [6.07, 6.45) is 19.0. The largest absolute Gasteiger partial charge is 0.269 e. The molecule has 1 heteroatoms. The first-order valence-corrected chi connectivity index (χ1v) is 8.10. The molecule has 0 N–H and O–H groups in total. The van der Waals surface area contributed by atoms with Crippen LogP contribution in [0.15, 0.2) is 28.9 Å². The van der Waals surface area contributed by atoms with Crippen LogP contribution in [0.2, 0.25) is 0 Å². The van der Waals surface area contributed by atoms with E-state index in [4.69, 9.17) is 0 Å². The predicted molar refractivity (Wildman–Crippen MR) is 88.8 cm³/mol. The number of hydrogen-bond acceptors (Lipinski definition) is 1. The molecular weight excluding hydrogens is 230 g/mol. The monoisotopic (exact) mass is 263 g/mol. The molecule has 0 heterocycles. The van der Waals surface area contributed by atoms with Crippen molar-refractivity contribution in [1.82, 2.24) is 0 Å². The molecule has 1 atom stereocenters. The third-order valence-corrected chi connectivity index (χ3v) is 3.52. The van der Waals surface area contributed by atoms with Crippen LogP contribution in [-0.2, 0) is 0 Å². The van der Waals surface area contributed by atoms with Gasteiger partial charge in [-0.05, 0) is 38.2 Å². The first kappa shape index (κ1) is 18.1. The molecule has 0 bridgehead atoms. The Balaban J connectivity index is 4.56. The van der Waals surface area contributed by atoms with Gasteiger partial charge in [-0.25, -0.2) is 0 Å². The first-order valence-electron chi connectivity index (χ1n) is 8.10. The fraction of sp³-hybridized carbons (Fsp3) is 0.722. The minimum absolute atomic E-state index is 0.691. The lowest BCUT2D eigenvalue weighted by Gasteiger charge is -2.17. The lowest BCUT2D eigenvalue weighted by Crippen LogP contribution is -2.03. The van der Waals surface area contributed by atoms with E-state index in [0.29, 0.717) is 5.92 Å². The van der Waals surface area contributed by atoms with Gasteiger partial charge in [-0.1, -0.05) is 64.5 Å². The van der Waals surface area contributed by atoms with E-state index in [9.17, 15) is 0 Å². The van der Waals surface area contributed by atoms with Crippen LogP contribution in [0.3, 0.4) is 0 Å². The fourth-order valence-corrected chi connectivity index (χ4v) is 2.38. The lowest BCUT2D eigenvalue weighted by atomic mass is 9.88. The average molecular weight is 263 g/mol. The van der Waals surface area contributed by atoms with Crippen LogP contribution >= 0.6 is 0 Å². The molecule has 0 spiro atoms. The minimum Gasteiger partial charge on any atom is -0.269 e. The zero-order valence-corrected chi connectivity index (χ0v) is 13.5. The van der Waals surface area contributed by atoms with Gasteiger partial charge in [-0.3, -0.25) is 4.99 Å². The second kappa shape index (κ2) is 13.6. The highest BCUT2D eigenvalue weighted by atomic mass is 14.7. The normalized spacial score (nSPS) is 14.6. The molecule has 0 aliphatic heterocycles. The van der Waals surface area contributed by atoms with Gasteiger partial charge in [0.2, 0.25) is 0 Å². The van der Waals surface area contributed by atoms with E-state index in [1.165, 1.54) is 56.9 Å². The molecule has 0 saturated carbocycles. The summed E-state index contributed by atoms with van der Waals surface area (Å²) in [5, 5.41) is 0. The molecule has 0 amide bonds. The van der Waals surface area contributed by atoms with Crippen molar-refractivity contribution in [2.45, 2.75) is 79.1 Å². The number of hydrogen-bond donors (Lipinski definition) is 0. The Bertz CT molecular complexity index is 273. The van der Waals surface area contributed by atoms with E-state index in [-0.39, 0.29) is 0 Å². The second-order valence-corrected chi connectivity index (χ2v) is 5.22. The average Bonchev–Trinajstić information content (AvgIpc) is 2.43. The van der Waals surface area contributed by atoms with Crippen LogP contribution in [0.1, 0.15) is 79.1 Å². The summed E-state index contributed by atoms with van der Waals surface area (Å²) in [7, 11) is 0. The molecule has 0 aromatic carbocycles. The van der Waals surface area contributed by atoms with Gasteiger partial charge in [0.25, 0.3) is 0 Å². The summed E-state index contributed by atoms with van der Waals surface area (Å²) < 4.78 is 0. The molecule has 0 aromatic heterocycles. The van der Waals surface area contributed by atoms with Gasteiger partial charge in [0, 0.05) is 12.4 Å². The van der Waals surface area contributed by atoms with Crippen LogP contribution < -0.4 is 0 Å². The Morgan fingerprint density at radius 3 is 2.21 bits per heavy atom. The molecule has 0 saturated heterocycles. The second-order valence-electron chi connectivity index (χ2n) is 5.22. The maximum absolute atomic E-state index is 4.33. The Morgan fingerprint density at radius 1 is 0.947 bits per heavy atom. The predicted octanol–water partition coefficient (Wildman–Crippen LogP) is 6.31. The summed E-state index contributed by atoms with van der Waals surface area (Å²) in [5.41, 5.74) is 1.41. The number of rotatable bonds is 11. The molecule has 0 aromatic rings. The fourth-order valence-electron chi connectivity index (χ4n) is 2.38. The van der Waals surface area contributed by atoms with Gasteiger partial charge >= 0.3 is 0 Å². The van der Waals surface area contributed by atoms with Crippen LogP contribution in [0.25, 0.3) is 0 Å². The Hall–Kier alpha value is -0.850. The van der Waals surface area contributed by atoms with Crippen LogP contribution in [0.4, 0.5) is 0 Å². The van der Waals surface area contributed by atoms with E-state index in [0.717, 1.165) is 0 Å². The smallest absolute Gasteiger partial charge is 0.0298 e. The van der Waals surface area contributed by atoms with Crippen molar-refractivity contribution in [3.63, 3.8) is 0 Å². The number of aliphatic imine (C=N–C) groups is 1. The van der Waals surface area contributed by atoms with Crippen molar-refractivity contribution in [2.75, 3.05) is 0 Å². The molecule has 19 heavy (non-hydrogen) atoms. The number of nitrogens with zero attached hydrogens (tertiary/aromatic N) is 1. The molecule has 0 radical (unpaired) electrons.